The Labute approximate surface area is 111 Å². The Morgan fingerprint density at radius 1 is 1.35 bits per heavy atom. The molecule has 2 nitrogen and oxygen atoms in total. The summed E-state index contributed by atoms with van der Waals surface area (Å²) in [4.78, 5) is 16.1. The lowest BCUT2D eigenvalue weighted by molar-refractivity contribution is -0.117. The molecule has 2 heterocycles. The van der Waals surface area contributed by atoms with Crippen LogP contribution in [0.1, 0.15) is 19.4 Å². The Balaban J connectivity index is 1.93. The number of ketones is 1. The number of pyridine rings is 1. The van der Waals surface area contributed by atoms with Crippen molar-refractivity contribution in [3.63, 3.8) is 0 Å². The van der Waals surface area contributed by atoms with Crippen molar-refractivity contribution in [2.24, 2.45) is 0 Å². The van der Waals surface area contributed by atoms with E-state index < -0.39 is 0 Å². The highest BCUT2D eigenvalue weighted by Gasteiger charge is 2.29. The first kappa shape index (κ1) is 13.0. The van der Waals surface area contributed by atoms with Crippen molar-refractivity contribution < 1.29 is 4.79 Å². The molecule has 0 saturated carbocycles. The first-order chi connectivity index (χ1) is 8.16. The normalized spacial score (nSPS) is 28.9. The largest absolute Gasteiger partial charge is 0.298 e. The van der Waals surface area contributed by atoms with Gasteiger partial charge >= 0.3 is 0 Å². The zero-order chi connectivity index (χ0) is 12.3. The topological polar surface area (TPSA) is 30.0 Å². The number of hydrogen-bond donors (Lipinski definition) is 0. The van der Waals surface area contributed by atoms with E-state index in [2.05, 4.69) is 18.8 Å². The standard InChI is InChI=1S/C13H17NOS2/c1-9-10(2)17-13(8-16-9)12(15)7-11-3-5-14-6-4-11/h3-6,9-10,13H,7-8H2,1-2H3. The van der Waals surface area contributed by atoms with Crippen LogP contribution in [-0.2, 0) is 11.2 Å². The highest BCUT2D eigenvalue weighted by Crippen LogP contribution is 2.36. The van der Waals surface area contributed by atoms with E-state index in [1.165, 1.54) is 0 Å². The maximum Gasteiger partial charge on any atom is 0.151 e. The molecule has 3 unspecified atom stereocenters. The van der Waals surface area contributed by atoms with Crippen molar-refractivity contribution in [3.8, 4) is 0 Å². The van der Waals surface area contributed by atoms with Gasteiger partial charge in [0.2, 0.25) is 0 Å². The molecular formula is C13H17NOS2. The number of nitrogens with zero attached hydrogens (tertiary/aromatic N) is 1. The van der Waals surface area contributed by atoms with Gasteiger partial charge in [-0.1, -0.05) is 13.8 Å². The third-order valence-corrected chi connectivity index (χ3v) is 6.48. The van der Waals surface area contributed by atoms with Gasteiger partial charge in [-0.25, -0.2) is 0 Å². The van der Waals surface area contributed by atoms with Gasteiger partial charge in [0.05, 0.1) is 5.25 Å². The maximum atomic E-state index is 12.2. The Kier molecular flexibility index (Phi) is 4.51. The van der Waals surface area contributed by atoms with E-state index in [-0.39, 0.29) is 5.25 Å². The van der Waals surface area contributed by atoms with E-state index in [9.17, 15) is 4.79 Å². The van der Waals surface area contributed by atoms with Crippen molar-refractivity contribution >= 4 is 29.3 Å². The number of carbonyl (C=O) groups is 1. The summed E-state index contributed by atoms with van der Waals surface area (Å²) in [5.74, 6) is 1.31. The summed E-state index contributed by atoms with van der Waals surface area (Å²) in [7, 11) is 0. The number of Topliss-reactive ketones (excluding diaryl/α,β-unsaturated/α-hetero) is 1. The van der Waals surface area contributed by atoms with Crippen LogP contribution in [0.25, 0.3) is 0 Å². The van der Waals surface area contributed by atoms with Crippen LogP contribution in [0.2, 0.25) is 0 Å². The fourth-order valence-corrected chi connectivity index (χ4v) is 4.66. The highest BCUT2D eigenvalue weighted by atomic mass is 32.2. The monoisotopic (exact) mass is 267 g/mol. The summed E-state index contributed by atoms with van der Waals surface area (Å²) in [6.07, 6.45) is 4.04. The Morgan fingerprint density at radius 3 is 2.71 bits per heavy atom. The molecule has 3 atom stereocenters. The van der Waals surface area contributed by atoms with Crippen molar-refractivity contribution in [1.29, 1.82) is 0 Å². The molecule has 1 aromatic heterocycles. The zero-order valence-corrected chi connectivity index (χ0v) is 11.8. The Morgan fingerprint density at radius 2 is 2.06 bits per heavy atom. The number of aromatic nitrogens is 1. The second kappa shape index (κ2) is 5.91. The van der Waals surface area contributed by atoms with Crippen LogP contribution in [-0.4, -0.2) is 32.3 Å². The lowest BCUT2D eigenvalue weighted by Crippen LogP contribution is -2.32. The molecule has 92 valence electrons. The van der Waals surface area contributed by atoms with Crippen LogP contribution >= 0.6 is 23.5 Å². The average molecular weight is 267 g/mol. The van der Waals surface area contributed by atoms with Gasteiger partial charge in [0.1, 0.15) is 0 Å². The minimum atomic E-state index is 0.166. The van der Waals surface area contributed by atoms with E-state index in [0.29, 0.717) is 22.7 Å². The van der Waals surface area contributed by atoms with Crippen LogP contribution < -0.4 is 0 Å². The molecule has 1 saturated heterocycles. The average Bonchev–Trinajstić information content (AvgIpc) is 2.34. The molecule has 0 N–H and O–H groups in total. The molecule has 0 spiro atoms. The van der Waals surface area contributed by atoms with Gasteiger partial charge < -0.3 is 0 Å². The predicted octanol–water partition coefficient (Wildman–Crippen LogP) is 2.82. The molecule has 0 aromatic carbocycles. The molecule has 1 aromatic rings. The first-order valence-electron chi connectivity index (χ1n) is 5.85. The Bertz CT molecular complexity index is 382. The predicted molar refractivity (Wildman–Crippen MR) is 75.7 cm³/mol. The minimum Gasteiger partial charge on any atom is -0.298 e. The number of hydrogen-bond acceptors (Lipinski definition) is 4. The van der Waals surface area contributed by atoms with Gasteiger partial charge in [0, 0.05) is 35.1 Å². The van der Waals surface area contributed by atoms with Crippen LogP contribution in [0.15, 0.2) is 24.5 Å². The van der Waals surface area contributed by atoms with Crippen LogP contribution in [0, 0.1) is 0 Å². The summed E-state index contributed by atoms with van der Waals surface area (Å²) < 4.78 is 0. The molecule has 1 aliphatic rings. The van der Waals surface area contributed by atoms with Crippen molar-refractivity contribution in [3.05, 3.63) is 30.1 Å². The molecule has 0 amide bonds. The van der Waals surface area contributed by atoms with Gasteiger partial charge in [-0.3, -0.25) is 9.78 Å². The van der Waals surface area contributed by atoms with Crippen molar-refractivity contribution in [2.75, 3.05) is 5.75 Å². The molecule has 0 radical (unpaired) electrons. The first-order valence-corrected chi connectivity index (χ1v) is 7.84. The second-order valence-electron chi connectivity index (χ2n) is 4.37. The van der Waals surface area contributed by atoms with Crippen LogP contribution in [0.5, 0.6) is 0 Å². The lowest BCUT2D eigenvalue weighted by atomic mass is 10.1. The SMILES string of the molecule is CC1SCC(C(=O)Cc2ccncc2)SC1C. The maximum absolute atomic E-state index is 12.2. The van der Waals surface area contributed by atoms with E-state index >= 15 is 0 Å². The van der Waals surface area contributed by atoms with Gasteiger partial charge in [-0.05, 0) is 17.7 Å². The quantitative estimate of drug-likeness (QED) is 0.842. The minimum absolute atomic E-state index is 0.166. The van der Waals surface area contributed by atoms with Gasteiger partial charge in [0.15, 0.2) is 5.78 Å². The molecule has 4 heteroatoms. The summed E-state index contributed by atoms with van der Waals surface area (Å²) in [6.45, 7) is 4.46. The molecular weight excluding hydrogens is 250 g/mol. The van der Waals surface area contributed by atoms with Gasteiger partial charge in [-0.15, -0.1) is 11.8 Å². The van der Waals surface area contributed by atoms with Crippen LogP contribution in [0.4, 0.5) is 0 Å². The second-order valence-corrected chi connectivity index (χ2v) is 7.36. The zero-order valence-electron chi connectivity index (χ0n) is 10.1. The summed E-state index contributed by atoms with van der Waals surface area (Å²) in [5.41, 5.74) is 1.07. The van der Waals surface area contributed by atoms with E-state index in [1.807, 2.05) is 35.7 Å². The lowest BCUT2D eigenvalue weighted by Gasteiger charge is -2.30. The molecule has 17 heavy (non-hydrogen) atoms. The third-order valence-electron chi connectivity index (χ3n) is 3.04. The molecule has 0 bridgehead atoms. The molecule has 2 rings (SSSR count). The molecule has 1 aliphatic heterocycles. The molecule has 1 fully saturated rings. The van der Waals surface area contributed by atoms with Gasteiger partial charge in [-0.2, -0.15) is 11.8 Å². The van der Waals surface area contributed by atoms with E-state index in [4.69, 9.17) is 0 Å². The van der Waals surface area contributed by atoms with Crippen LogP contribution in [0.3, 0.4) is 0 Å². The summed E-state index contributed by atoms with van der Waals surface area (Å²) >= 11 is 3.75. The summed E-state index contributed by atoms with van der Waals surface area (Å²) in [6, 6.07) is 3.84. The fourth-order valence-electron chi connectivity index (χ4n) is 1.77. The van der Waals surface area contributed by atoms with Gasteiger partial charge in [0.25, 0.3) is 0 Å². The Hall–Kier alpha value is -0.480. The number of carbonyl (C=O) groups excluding carboxylic acids is 1. The number of rotatable bonds is 3. The highest BCUT2D eigenvalue weighted by molar-refractivity contribution is 8.08. The molecule has 0 aliphatic carbocycles. The summed E-state index contributed by atoms with van der Waals surface area (Å²) in [5, 5.41) is 1.39. The fraction of sp³-hybridized carbons (Fsp3) is 0.538. The van der Waals surface area contributed by atoms with E-state index in [0.717, 1.165) is 11.3 Å². The number of thioether (sulfide) groups is 2. The van der Waals surface area contributed by atoms with E-state index in [1.54, 1.807) is 12.4 Å². The smallest absolute Gasteiger partial charge is 0.151 e. The third kappa shape index (κ3) is 3.49. The van der Waals surface area contributed by atoms with Crippen molar-refractivity contribution in [2.45, 2.75) is 36.0 Å². The van der Waals surface area contributed by atoms with Crippen molar-refractivity contribution in [1.82, 2.24) is 4.98 Å².